The number of guanidine groups is 1. The summed E-state index contributed by atoms with van der Waals surface area (Å²) in [6, 6.07) is 12.4. The topological polar surface area (TPSA) is 69.4 Å². The lowest BCUT2D eigenvalue weighted by Gasteiger charge is -2.15. The second-order valence-electron chi connectivity index (χ2n) is 6.16. The maximum absolute atomic E-state index is 14.0. The molecule has 0 bridgehead atoms. The van der Waals surface area contributed by atoms with Crippen molar-refractivity contribution in [3.05, 3.63) is 64.5 Å². The highest BCUT2D eigenvalue weighted by Crippen LogP contribution is 2.20. The van der Waals surface area contributed by atoms with Crippen LogP contribution in [-0.4, -0.2) is 19.6 Å². The summed E-state index contributed by atoms with van der Waals surface area (Å²) in [5.41, 5.74) is 2.95. The van der Waals surface area contributed by atoms with Crippen molar-refractivity contribution in [2.75, 3.05) is 13.7 Å². The number of nitriles is 1. The van der Waals surface area contributed by atoms with Gasteiger partial charge in [0, 0.05) is 31.3 Å². The largest absolute Gasteiger partial charge is 0.493 e. The number of hydrogen-bond donors (Lipinski definition) is 2. The third-order valence-corrected chi connectivity index (χ3v) is 3.98. The van der Waals surface area contributed by atoms with E-state index in [9.17, 15) is 4.39 Å². The number of halogens is 1. The first-order valence-electron chi connectivity index (χ1n) is 8.92. The second-order valence-corrected chi connectivity index (χ2v) is 6.16. The number of aryl methyl sites for hydroxylation is 1. The fourth-order valence-corrected chi connectivity index (χ4v) is 2.49. The van der Waals surface area contributed by atoms with Gasteiger partial charge in [-0.25, -0.2) is 4.39 Å². The van der Waals surface area contributed by atoms with E-state index in [1.165, 1.54) is 6.07 Å². The first-order chi connectivity index (χ1) is 13.1. The zero-order valence-corrected chi connectivity index (χ0v) is 16.0. The fourth-order valence-electron chi connectivity index (χ4n) is 2.49. The number of nitrogens with one attached hydrogen (secondary N) is 2. The van der Waals surface area contributed by atoms with Crippen molar-refractivity contribution in [2.45, 2.75) is 33.4 Å². The standard InChI is InChI=1S/C21H25FN4O/c1-4-9-27-20-10-15(2)5-7-18(20)14-26-21(24-3)25-13-17-8-6-16(12-23)11-19(17)22/h5-8,10-11H,4,9,13-14H2,1-3H3,(H2,24,25,26). The van der Waals surface area contributed by atoms with E-state index in [1.807, 2.05) is 31.2 Å². The highest BCUT2D eigenvalue weighted by Gasteiger charge is 2.07. The van der Waals surface area contributed by atoms with Gasteiger partial charge in [0.1, 0.15) is 11.6 Å². The van der Waals surface area contributed by atoms with Gasteiger partial charge in [0.25, 0.3) is 0 Å². The Morgan fingerprint density at radius 3 is 2.48 bits per heavy atom. The summed E-state index contributed by atoms with van der Waals surface area (Å²) in [5.74, 6) is 1.00. The Morgan fingerprint density at radius 1 is 1.15 bits per heavy atom. The molecule has 142 valence electrons. The number of rotatable bonds is 7. The summed E-state index contributed by atoms with van der Waals surface area (Å²) in [4.78, 5) is 4.17. The highest BCUT2D eigenvalue weighted by molar-refractivity contribution is 5.79. The molecule has 6 heteroatoms. The minimum atomic E-state index is -0.411. The first kappa shape index (κ1) is 20.2. The van der Waals surface area contributed by atoms with E-state index >= 15 is 0 Å². The van der Waals surface area contributed by atoms with Crippen LogP contribution in [0.25, 0.3) is 0 Å². The molecular formula is C21H25FN4O. The van der Waals surface area contributed by atoms with Crippen LogP contribution in [-0.2, 0) is 13.1 Å². The van der Waals surface area contributed by atoms with Crippen LogP contribution in [0, 0.1) is 24.1 Å². The number of aliphatic imine (C=N–C) groups is 1. The quantitative estimate of drug-likeness (QED) is 0.578. The van der Waals surface area contributed by atoms with Gasteiger partial charge in [0.05, 0.1) is 18.2 Å². The van der Waals surface area contributed by atoms with Crippen molar-refractivity contribution in [1.29, 1.82) is 5.26 Å². The van der Waals surface area contributed by atoms with Crippen LogP contribution < -0.4 is 15.4 Å². The number of hydrogen-bond acceptors (Lipinski definition) is 3. The Hall–Kier alpha value is -3.07. The van der Waals surface area contributed by atoms with Gasteiger partial charge < -0.3 is 15.4 Å². The highest BCUT2D eigenvalue weighted by atomic mass is 19.1. The van der Waals surface area contributed by atoms with Gasteiger partial charge in [-0.15, -0.1) is 0 Å². The molecule has 0 fully saturated rings. The average molecular weight is 368 g/mol. The van der Waals surface area contributed by atoms with Gasteiger partial charge in [-0.05, 0) is 37.1 Å². The molecule has 5 nitrogen and oxygen atoms in total. The van der Waals surface area contributed by atoms with Crippen LogP contribution in [0.5, 0.6) is 5.75 Å². The van der Waals surface area contributed by atoms with Crippen LogP contribution >= 0.6 is 0 Å². The summed E-state index contributed by atoms with van der Waals surface area (Å²) < 4.78 is 19.8. The Bertz CT molecular complexity index is 843. The predicted molar refractivity (Wildman–Crippen MR) is 105 cm³/mol. The SMILES string of the molecule is CCCOc1cc(C)ccc1CNC(=NC)NCc1ccc(C#N)cc1F. The molecule has 2 N–H and O–H groups in total. The molecule has 2 rings (SSSR count). The average Bonchev–Trinajstić information content (AvgIpc) is 2.68. The first-order valence-corrected chi connectivity index (χ1v) is 8.92. The van der Waals surface area contributed by atoms with Crippen molar-refractivity contribution in [2.24, 2.45) is 4.99 Å². The smallest absolute Gasteiger partial charge is 0.191 e. The molecule has 0 heterocycles. The Kier molecular flexibility index (Phi) is 7.63. The Labute approximate surface area is 159 Å². The zero-order valence-electron chi connectivity index (χ0n) is 16.0. The lowest BCUT2D eigenvalue weighted by Crippen LogP contribution is -2.36. The number of nitrogens with zero attached hydrogens (tertiary/aromatic N) is 2. The molecular weight excluding hydrogens is 343 g/mol. The molecule has 27 heavy (non-hydrogen) atoms. The minimum Gasteiger partial charge on any atom is -0.493 e. The van der Waals surface area contributed by atoms with E-state index in [1.54, 1.807) is 19.2 Å². The van der Waals surface area contributed by atoms with E-state index in [0.29, 0.717) is 30.2 Å². The molecule has 0 amide bonds. The Balaban J connectivity index is 1.97. The third-order valence-electron chi connectivity index (χ3n) is 3.98. The molecule has 0 aliphatic rings. The zero-order chi connectivity index (χ0) is 19.6. The summed E-state index contributed by atoms with van der Waals surface area (Å²) in [7, 11) is 1.66. The van der Waals surface area contributed by atoms with Crippen molar-refractivity contribution in [1.82, 2.24) is 10.6 Å². The van der Waals surface area contributed by atoms with Gasteiger partial charge in [0.15, 0.2) is 5.96 Å². The summed E-state index contributed by atoms with van der Waals surface area (Å²) in [6.07, 6.45) is 0.945. The molecule has 0 atom stereocenters. The van der Waals surface area contributed by atoms with E-state index in [4.69, 9.17) is 10.00 Å². The van der Waals surface area contributed by atoms with Crippen molar-refractivity contribution >= 4 is 5.96 Å². The van der Waals surface area contributed by atoms with E-state index < -0.39 is 5.82 Å². The lowest BCUT2D eigenvalue weighted by atomic mass is 10.1. The van der Waals surface area contributed by atoms with E-state index in [2.05, 4.69) is 22.5 Å². The molecule has 0 saturated carbocycles. The maximum atomic E-state index is 14.0. The van der Waals surface area contributed by atoms with Crippen LogP contribution in [0.3, 0.4) is 0 Å². The Morgan fingerprint density at radius 2 is 1.85 bits per heavy atom. The molecule has 2 aromatic carbocycles. The van der Waals surface area contributed by atoms with Crippen LogP contribution in [0.1, 0.15) is 35.6 Å². The monoisotopic (exact) mass is 368 g/mol. The predicted octanol–water partition coefficient (Wildman–Crippen LogP) is 3.66. The minimum absolute atomic E-state index is 0.268. The van der Waals surface area contributed by atoms with Crippen LogP contribution in [0.15, 0.2) is 41.4 Å². The fraction of sp³-hybridized carbons (Fsp3) is 0.333. The summed E-state index contributed by atoms with van der Waals surface area (Å²) in [5, 5.41) is 15.1. The molecule has 0 aliphatic heterocycles. The van der Waals surface area contributed by atoms with Crippen molar-refractivity contribution in [3.8, 4) is 11.8 Å². The summed E-state index contributed by atoms with van der Waals surface area (Å²) in [6.45, 7) is 5.57. The molecule has 2 aromatic rings. The number of ether oxygens (including phenoxy) is 1. The van der Waals surface area contributed by atoms with Crippen molar-refractivity contribution < 1.29 is 9.13 Å². The maximum Gasteiger partial charge on any atom is 0.191 e. The van der Waals surface area contributed by atoms with Gasteiger partial charge in [-0.3, -0.25) is 4.99 Å². The molecule has 0 radical (unpaired) electrons. The van der Waals surface area contributed by atoms with Crippen LogP contribution in [0.2, 0.25) is 0 Å². The van der Waals surface area contributed by atoms with Crippen LogP contribution in [0.4, 0.5) is 4.39 Å². The van der Waals surface area contributed by atoms with Gasteiger partial charge in [-0.2, -0.15) is 5.26 Å². The van der Waals surface area contributed by atoms with Crippen molar-refractivity contribution in [3.63, 3.8) is 0 Å². The molecule has 0 unspecified atom stereocenters. The normalized spacial score (nSPS) is 11.0. The van der Waals surface area contributed by atoms with E-state index in [0.717, 1.165) is 23.3 Å². The number of benzene rings is 2. The second kappa shape index (κ2) is 10.2. The molecule has 0 aliphatic carbocycles. The van der Waals surface area contributed by atoms with Gasteiger partial charge >= 0.3 is 0 Å². The molecule has 0 saturated heterocycles. The third kappa shape index (κ3) is 6.00. The van der Waals surface area contributed by atoms with Gasteiger partial charge in [-0.1, -0.05) is 25.1 Å². The molecule has 0 aromatic heterocycles. The van der Waals surface area contributed by atoms with Gasteiger partial charge in [0.2, 0.25) is 0 Å². The van der Waals surface area contributed by atoms with E-state index in [-0.39, 0.29) is 6.54 Å². The summed E-state index contributed by atoms with van der Waals surface area (Å²) >= 11 is 0. The lowest BCUT2D eigenvalue weighted by molar-refractivity contribution is 0.313. The molecule has 0 spiro atoms.